The second kappa shape index (κ2) is 8.06. The molecule has 0 fully saturated rings. The maximum absolute atomic E-state index is 12.3. The van der Waals surface area contributed by atoms with Crippen LogP contribution in [0.15, 0.2) is 88.7 Å². The third-order valence-electron chi connectivity index (χ3n) is 4.46. The number of amides is 1. The first-order valence-electron chi connectivity index (χ1n) is 8.92. The number of benzene rings is 2. The molecule has 138 valence electrons. The summed E-state index contributed by atoms with van der Waals surface area (Å²) in [5.74, 6) is -0.231. The summed E-state index contributed by atoms with van der Waals surface area (Å²) in [4.78, 5) is 12.3. The standard InChI is InChI=1S/C23H19N3OS/c1-17-7-12-22(19-5-3-2-4-6-19)26(17)21-10-8-20(9-11-21)23(27)25-24-15-18-13-14-28-16-18/h2-16H,1H3,(H,25,27)/b24-15+. The monoisotopic (exact) mass is 385 g/mol. The Hall–Kier alpha value is -3.44. The third kappa shape index (κ3) is 3.80. The van der Waals surface area contributed by atoms with E-state index in [4.69, 9.17) is 0 Å². The lowest BCUT2D eigenvalue weighted by Gasteiger charge is -2.12. The maximum Gasteiger partial charge on any atom is 0.271 e. The minimum absolute atomic E-state index is 0.231. The summed E-state index contributed by atoms with van der Waals surface area (Å²) in [6, 6.07) is 24.0. The van der Waals surface area contributed by atoms with E-state index < -0.39 is 0 Å². The summed E-state index contributed by atoms with van der Waals surface area (Å²) in [7, 11) is 0. The summed E-state index contributed by atoms with van der Waals surface area (Å²) in [6.45, 7) is 2.08. The number of hydrogen-bond acceptors (Lipinski definition) is 3. The van der Waals surface area contributed by atoms with E-state index in [2.05, 4.69) is 46.3 Å². The van der Waals surface area contributed by atoms with Crippen LogP contribution >= 0.6 is 11.3 Å². The Morgan fingerprint density at radius 2 is 1.79 bits per heavy atom. The van der Waals surface area contributed by atoms with Gasteiger partial charge in [-0.1, -0.05) is 30.3 Å². The molecule has 0 aliphatic rings. The van der Waals surface area contributed by atoms with Gasteiger partial charge in [-0.15, -0.1) is 0 Å². The van der Waals surface area contributed by atoms with Crippen molar-refractivity contribution in [2.75, 3.05) is 0 Å². The van der Waals surface area contributed by atoms with Crippen LogP contribution in [-0.2, 0) is 0 Å². The van der Waals surface area contributed by atoms with Crippen LogP contribution < -0.4 is 5.43 Å². The summed E-state index contributed by atoms with van der Waals surface area (Å²) in [6.07, 6.45) is 1.64. The van der Waals surface area contributed by atoms with Gasteiger partial charge >= 0.3 is 0 Å². The number of nitrogens with zero attached hydrogens (tertiary/aromatic N) is 2. The van der Waals surface area contributed by atoms with E-state index in [1.165, 1.54) is 0 Å². The summed E-state index contributed by atoms with van der Waals surface area (Å²) in [5, 5.41) is 7.94. The first-order valence-corrected chi connectivity index (χ1v) is 9.86. The van der Waals surface area contributed by atoms with Gasteiger partial charge in [0.05, 0.1) is 11.9 Å². The zero-order chi connectivity index (χ0) is 19.3. The molecule has 2 heterocycles. The van der Waals surface area contributed by atoms with Crippen LogP contribution in [0.5, 0.6) is 0 Å². The molecule has 1 amide bonds. The lowest BCUT2D eigenvalue weighted by Crippen LogP contribution is -2.17. The minimum Gasteiger partial charge on any atom is -0.314 e. The average Bonchev–Trinajstić information content (AvgIpc) is 3.38. The highest BCUT2D eigenvalue weighted by Gasteiger charge is 2.10. The molecule has 5 heteroatoms. The Kier molecular flexibility index (Phi) is 5.17. The smallest absolute Gasteiger partial charge is 0.271 e. The van der Waals surface area contributed by atoms with E-state index in [1.807, 2.05) is 59.3 Å². The Labute approximate surface area is 167 Å². The van der Waals surface area contributed by atoms with Crippen LogP contribution in [0.2, 0.25) is 0 Å². The first kappa shape index (κ1) is 17.9. The van der Waals surface area contributed by atoms with Crippen LogP contribution in [0.4, 0.5) is 0 Å². The van der Waals surface area contributed by atoms with Gasteiger partial charge < -0.3 is 4.57 Å². The van der Waals surface area contributed by atoms with Crippen LogP contribution in [0, 0.1) is 6.92 Å². The second-order valence-corrected chi connectivity index (χ2v) is 7.14. The number of hydrazone groups is 1. The summed E-state index contributed by atoms with van der Waals surface area (Å²) >= 11 is 1.59. The maximum atomic E-state index is 12.3. The number of nitrogens with one attached hydrogen (secondary N) is 1. The second-order valence-electron chi connectivity index (χ2n) is 6.36. The van der Waals surface area contributed by atoms with Crippen molar-refractivity contribution in [3.63, 3.8) is 0 Å². The molecule has 1 N–H and O–H groups in total. The normalized spacial score (nSPS) is 11.0. The van der Waals surface area contributed by atoms with Crippen molar-refractivity contribution < 1.29 is 4.79 Å². The quantitative estimate of drug-likeness (QED) is 0.369. The zero-order valence-electron chi connectivity index (χ0n) is 15.4. The van der Waals surface area contributed by atoms with Crippen molar-refractivity contribution in [1.29, 1.82) is 0 Å². The molecule has 0 bridgehead atoms. The fourth-order valence-electron chi connectivity index (χ4n) is 3.06. The number of aryl methyl sites for hydroxylation is 1. The molecule has 0 unspecified atom stereocenters. The average molecular weight is 385 g/mol. The summed E-state index contributed by atoms with van der Waals surface area (Å²) < 4.78 is 2.19. The van der Waals surface area contributed by atoms with Crippen molar-refractivity contribution in [2.45, 2.75) is 6.92 Å². The number of carbonyl (C=O) groups excluding carboxylic acids is 1. The van der Waals surface area contributed by atoms with Crippen molar-refractivity contribution >= 4 is 23.5 Å². The SMILES string of the molecule is Cc1ccc(-c2ccccc2)n1-c1ccc(C(=O)N/N=C/c2ccsc2)cc1. The minimum atomic E-state index is -0.231. The van der Waals surface area contributed by atoms with Gasteiger partial charge in [-0.05, 0) is 65.7 Å². The highest BCUT2D eigenvalue weighted by molar-refractivity contribution is 7.08. The molecule has 4 rings (SSSR count). The molecule has 28 heavy (non-hydrogen) atoms. The lowest BCUT2D eigenvalue weighted by atomic mass is 10.1. The van der Waals surface area contributed by atoms with Gasteiger partial charge in [0.1, 0.15) is 0 Å². The Balaban J connectivity index is 1.54. The van der Waals surface area contributed by atoms with Crippen LogP contribution in [0.3, 0.4) is 0 Å². The molecule has 0 atom stereocenters. The van der Waals surface area contributed by atoms with Crippen LogP contribution in [-0.4, -0.2) is 16.7 Å². The zero-order valence-corrected chi connectivity index (χ0v) is 16.2. The van der Waals surface area contributed by atoms with Crippen molar-refractivity contribution in [1.82, 2.24) is 9.99 Å². The Morgan fingerprint density at radius 3 is 2.50 bits per heavy atom. The number of hydrogen-bond donors (Lipinski definition) is 1. The number of aromatic nitrogens is 1. The fourth-order valence-corrected chi connectivity index (χ4v) is 3.67. The highest BCUT2D eigenvalue weighted by Crippen LogP contribution is 2.26. The Morgan fingerprint density at radius 1 is 1.00 bits per heavy atom. The van der Waals surface area contributed by atoms with E-state index in [9.17, 15) is 4.79 Å². The van der Waals surface area contributed by atoms with E-state index in [-0.39, 0.29) is 5.91 Å². The van der Waals surface area contributed by atoms with Crippen LogP contribution in [0.1, 0.15) is 21.6 Å². The number of rotatable bonds is 5. The molecule has 4 aromatic rings. The van der Waals surface area contributed by atoms with Gasteiger partial charge in [0.2, 0.25) is 0 Å². The number of thiophene rings is 1. The molecule has 0 aliphatic heterocycles. The highest BCUT2D eigenvalue weighted by atomic mass is 32.1. The molecule has 0 aliphatic carbocycles. The van der Waals surface area contributed by atoms with Crippen molar-refractivity contribution in [2.24, 2.45) is 5.10 Å². The number of carbonyl (C=O) groups is 1. The van der Waals surface area contributed by atoms with E-state index >= 15 is 0 Å². The van der Waals surface area contributed by atoms with E-state index in [0.717, 1.165) is 28.2 Å². The van der Waals surface area contributed by atoms with E-state index in [1.54, 1.807) is 17.6 Å². The predicted molar refractivity (Wildman–Crippen MR) is 115 cm³/mol. The topological polar surface area (TPSA) is 46.4 Å². The largest absolute Gasteiger partial charge is 0.314 e. The van der Waals surface area contributed by atoms with Gasteiger partial charge in [0, 0.05) is 22.5 Å². The molecular formula is C23H19N3OS. The molecular weight excluding hydrogens is 366 g/mol. The lowest BCUT2D eigenvalue weighted by molar-refractivity contribution is 0.0955. The molecule has 0 radical (unpaired) electrons. The van der Waals surface area contributed by atoms with Crippen molar-refractivity contribution in [3.8, 4) is 16.9 Å². The molecule has 0 saturated carbocycles. The predicted octanol–water partition coefficient (Wildman–Crippen LogP) is 5.28. The van der Waals surface area contributed by atoms with Gasteiger partial charge in [0.25, 0.3) is 5.91 Å². The molecule has 2 aromatic carbocycles. The van der Waals surface area contributed by atoms with Crippen LogP contribution in [0.25, 0.3) is 16.9 Å². The van der Waals surface area contributed by atoms with E-state index in [0.29, 0.717) is 5.56 Å². The summed E-state index contributed by atoms with van der Waals surface area (Å²) in [5.41, 5.74) is 8.53. The molecule has 0 saturated heterocycles. The third-order valence-corrected chi connectivity index (χ3v) is 5.16. The van der Waals surface area contributed by atoms with Gasteiger partial charge in [-0.2, -0.15) is 16.4 Å². The fraction of sp³-hybridized carbons (Fsp3) is 0.0435. The van der Waals surface area contributed by atoms with Crippen molar-refractivity contribution in [3.05, 3.63) is 100 Å². The van der Waals surface area contributed by atoms with Gasteiger partial charge in [0.15, 0.2) is 0 Å². The first-order chi connectivity index (χ1) is 13.7. The Bertz CT molecular complexity index is 1090. The molecule has 0 spiro atoms. The van der Waals surface area contributed by atoms with Gasteiger partial charge in [-0.25, -0.2) is 5.43 Å². The molecule has 4 nitrogen and oxygen atoms in total. The van der Waals surface area contributed by atoms with Gasteiger partial charge in [-0.3, -0.25) is 4.79 Å². The molecule has 2 aromatic heterocycles.